The van der Waals surface area contributed by atoms with Crippen LogP contribution in [0.2, 0.25) is 5.02 Å². The fourth-order valence-electron chi connectivity index (χ4n) is 2.59. The molecule has 6 heteroatoms. The zero-order chi connectivity index (χ0) is 19.9. The fourth-order valence-corrected chi connectivity index (χ4v) is 3.15. The minimum Gasteiger partial charge on any atom is -0.489 e. The summed E-state index contributed by atoms with van der Waals surface area (Å²) in [4.78, 5) is 12.6. The van der Waals surface area contributed by atoms with Crippen molar-refractivity contribution in [2.75, 3.05) is 5.32 Å². The molecule has 0 unspecified atom stereocenters. The summed E-state index contributed by atoms with van der Waals surface area (Å²) in [6, 6.07) is 22.1. The van der Waals surface area contributed by atoms with Crippen LogP contribution in [-0.2, 0) is 13.0 Å². The first-order valence-corrected chi connectivity index (χ1v) is 9.67. The molecule has 0 heterocycles. The molecule has 0 saturated carbocycles. The summed E-state index contributed by atoms with van der Waals surface area (Å²) in [6.07, 6.45) is 0.368. The number of anilines is 1. The van der Waals surface area contributed by atoms with Gasteiger partial charge >= 0.3 is 0 Å². The van der Waals surface area contributed by atoms with Crippen LogP contribution in [0.4, 0.5) is 5.69 Å². The van der Waals surface area contributed by atoms with Gasteiger partial charge in [-0.2, -0.15) is 5.26 Å². The molecule has 0 fully saturated rings. The van der Waals surface area contributed by atoms with E-state index in [0.29, 0.717) is 35.1 Å². The standard InChI is InChI=1S/C22H16BrClN2O2/c23-17-7-10-20(24)19(13-17)22(27)26-21-4-2-1-3-16(21)14-28-18-8-5-15(6-9-18)11-12-25/h1-10,13H,11,14H2,(H,26,27). The number of rotatable bonds is 6. The third-order valence-corrected chi connectivity index (χ3v) is 4.86. The highest BCUT2D eigenvalue weighted by Gasteiger charge is 2.13. The number of para-hydroxylation sites is 1. The molecule has 140 valence electrons. The number of carbonyl (C=O) groups excluding carboxylic acids is 1. The second-order valence-electron chi connectivity index (χ2n) is 6.00. The van der Waals surface area contributed by atoms with Crippen LogP contribution in [0.25, 0.3) is 0 Å². The molecule has 0 bridgehead atoms. The second kappa shape index (κ2) is 9.41. The van der Waals surface area contributed by atoms with Gasteiger partial charge in [-0.15, -0.1) is 0 Å². The zero-order valence-electron chi connectivity index (χ0n) is 14.8. The summed E-state index contributed by atoms with van der Waals surface area (Å²) in [5.41, 5.74) is 2.82. The maximum Gasteiger partial charge on any atom is 0.257 e. The van der Waals surface area contributed by atoms with Crippen molar-refractivity contribution in [1.29, 1.82) is 5.26 Å². The number of carbonyl (C=O) groups is 1. The van der Waals surface area contributed by atoms with E-state index in [-0.39, 0.29) is 5.91 Å². The lowest BCUT2D eigenvalue weighted by Crippen LogP contribution is -2.14. The monoisotopic (exact) mass is 454 g/mol. The molecule has 1 amide bonds. The predicted octanol–water partition coefficient (Wildman–Crippen LogP) is 6.00. The first kappa shape index (κ1) is 19.9. The minimum atomic E-state index is -0.292. The number of amides is 1. The van der Waals surface area contributed by atoms with E-state index in [9.17, 15) is 4.79 Å². The molecule has 3 aromatic carbocycles. The van der Waals surface area contributed by atoms with Crippen molar-refractivity contribution in [3.05, 3.63) is 92.9 Å². The van der Waals surface area contributed by atoms with E-state index < -0.39 is 0 Å². The Bertz CT molecular complexity index is 1030. The molecule has 0 aliphatic rings. The third-order valence-electron chi connectivity index (χ3n) is 4.04. The summed E-state index contributed by atoms with van der Waals surface area (Å²) in [5.74, 6) is 0.400. The van der Waals surface area contributed by atoms with Crippen LogP contribution in [0, 0.1) is 11.3 Å². The van der Waals surface area contributed by atoms with Crippen molar-refractivity contribution in [1.82, 2.24) is 0 Å². The first-order chi connectivity index (χ1) is 13.6. The molecule has 0 saturated heterocycles. The van der Waals surface area contributed by atoms with Crippen LogP contribution >= 0.6 is 27.5 Å². The highest BCUT2D eigenvalue weighted by molar-refractivity contribution is 9.10. The van der Waals surface area contributed by atoms with Gasteiger partial charge in [-0.05, 0) is 42.0 Å². The molecule has 3 rings (SSSR count). The van der Waals surface area contributed by atoms with Crippen molar-refractivity contribution in [2.45, 2.75) is 13.0 Å². The quantitative estimate of drug-likeness (QED) is 0.496. The SMILES string of the molecule is N#CCc1ccc(OCc2ccccc2NC(=O)c2cc(Br)ccc2Cl)cc1. The van der Waals surface area contributed by atoms with Crippen molar-refractivity contribution < 1.29 is 9.53 Å². The minimum absolute atomic E-state index is 0.292. The number of halogens is 2. The predicted molar refractivity (Wildman–Crippen MR) is 114 cm³/mol. The topological polar surface area (TPSA) is 62.1 Å². The van der Waals surface area contributed by atoms with Gasteiger partial charge in [0.1, 0.15) is 12.4 Å². The number of nitrogens with zero attached hydrogens (tertiary/aromatic N) is 1. The first-order valence-electron chi connectivity index (χ1n) is 8.50. The molecule has 4 nitrogen and oxygen atoms in total. The van der Waals surface area contributed by atoms with E-state index in [1.165, 1.54) is 0 Å². The number of hydrogen-bond acceptors (Lipinski definition) is 3. The van der Waals surface area contributed by atoms with Crippen LogP contribution in [0.3, 0.4) is 0 Å². The van der Waals surface area contributed by atoms with Crippen LogP contribution in [0.15, 0.2) is 71.2 Å². The van der Waals surface area contributed by atoms with Gasteiger partial charge in [0.05, 0.1) is 23.1 Å². The van der Waals surface area contributed by atoms with Crippen molar-refractivity contribution in [3.8, 4) is 11.8 Å². The lowest BCUT2D eigenvalue weighted by Gasteiger charge is -2.13. The Kier molecular flexibility index (Phi) is 6.70. The second-order valence-corrected chi connectivity index (χ2v) is 7.33. The lowest BCUT2D eigenvalue weighted by atomic mass is 10.1. The van der Waals surface area contributed by atoms with E-state index in [4.69, 9.17) is 21.6 Å². The Morgan fingerprint density at radius 1 is 1.11 bits per heavy atom. The Balaban J connectivity index is 1.71. The Hall–Kier alpha value is -2.81. The largest absolute Gasteiger partial charge is 0.489 e. The van der Waals surface area contributed by atoms with Crippen molar-refractivity contribution in [3.63, 3.8) is 0 Å². The summed E-state index contributed by atoms with van der Waals surface area (Å²) in [6.45, 7) is 0.292. The van der Waals surface area contributed by atoms with Gasteiger partial charge in [-0.25, -0.2) is 0 Å². The fraction of sp³-hybridized carbons (Fsp3) is 0.0909. The molecule has 0 aromatic heterocycles. The van der Waals surface area contributed by atoms with Crippen LogP contribution in [-0.4, -0.2) is 5.91 Å². The third kappa shape index (κ3) is 5.13. The van der Waals surface area contributed by atoms with Gasteiger partial charge in [0.2, 0.25) is 0 Å². The molecule has 0 aliphatic carbocycles. The molecule has 0 radical (unpaired) electrons. The van der Waals surface area contributed by atoms with Crippen molar-refractivity contribution >= 4 is 39.1 Å². The maximum atomic E-state index is 12.6. The molecular weight excluding hydrogens is 440 g/mol. The highest BCUT2D eigenvalue weighted by atomic mass is 79.9. The number of benzene rings is 3. The van der Waals surface area contributed by atoms with E-state index >= 15 is 0 Å². The molecule has 28 heavy (non-hydrogen) atoms. The van der Waals surface area contributed by atoms with E-state index in [0.717, 1.165) is 15.6 Å². The van der Waals surface area contributed by atoms with E-state index in [1.54, 1.807) is 18.2 Å². The molecule has 0 atom stereocenters. The molecule has 0 aliphatic heterocycles. The number of nitriles is 1. The normalized spacial score (nSPS) is 10.2. The number of hydrogen-bond donors (Lipinski definition) is 1. The molecule has 3 aromatic rings. The van der Waals surface area contributed by atoms with E-state index in [1.807, 2.05) is 48.5 Å². The van der Waals surface area contributed by atoms with Gasteiger partial charge in [0.15, 0.2) is 0 Å². The summed E-state index contributed by atoms with van der Waals surface area (Å²) >= 11 is 9.50. The van der Waals surface area contributed by atoms with Crippen molar-refractivity contribution in [2.24, 2.45) is 0 Å². The smallest absolute Gasteiger partial charge is 0.257 e. The maximum absolute atomic E-state index is 12.6. The molecule has 0 spiro atoms. The average Bonchev–Trinajstić information content (AvgIpc) is 2.70. The van der Waals surface area contributed by atoms with Gasteiger partial charge in [-0.1, -0.05) is 57.9 Å². The number of nitrogens with one attached hydrogen (secondary N) is 1. The number of ether oxygens (including phenoxy) is 1. The molecule has 1 N–H and O–H groups in total. The van der Waals surface area contributed by atoms with Crippen LogP contribution < -0.4 is 10.1 Å². The van der Waals surface area contributed by atoms with Gasteiger partial charge in [0, 0.05) is 15.7 Å². The van der Waals surface area contributed by atoms with Gasteiger partial charge in [-0.3, -0.25) is 4.79 Å². The lowest BCUT2D eigenvalue weighted by molar-refractivity contribution is 0.102. The summed E-state index contributed by atoms with van der Waals surface area (Å²) in [7, 11) is 0. The summed E-state index contributed by atoms with van der Waals surface area (Å²) in [5, 5.41) is 12.0. The molecular formula is C22H16BrClN2O2. The average molecular weight is 456 g/mol. The van der Waals surface area contributed by atoms with E-state index in [2.05, 4.69) is 27.3 Å². The Labute approximate surface area is 176 Å². The van der Waals surface area contributed by atoms with Crippen LogP contribution in [0.5, 0.6) is 5.75 Å². The Morgan fingerprint density at radius 2 is 1.86 bits per heavy atom. The van der Waals surface area contributed by atoms with Gasteiger partial charge < -0.3 is 10.1 Å². The summed E-state index contributed by atoms with van der Waals surface area (Å²) < 4.78 is 6.60. The van der Waals surface area contributed by atoms with Crippen LogP contribution in [0.1, 0.15) is 21.5 Å². The zero-order valence-corrected chi connectivity index (χ0v) is 17.1. The van der Waals surface area contributed by atoms with Gasteiger partial charge in [0.25, 0.3) is 5.91 Å². The highest BCUT2D eigenvalue weighted by Crippen LogP contribution is 2.24. The Morgan fingerprint density at radius 3 is 2.61 bits per heavy atom.